The number of carbonyl (C=O) groups excluding carboxylic acids is 2. The van der Waals surface area contributed by atoms with Gasteiger partial charge in [-0.05, 0) is 43.9 Å². The second kappa shape index (κ2) is 6.86. The molecular formula is C18H21N3O3. The molecule has 2 aromatic rings. The number of aryl methyl sites for hydroxylation is 1. The zero-order valence-electron chi connectivity index (χ0n) is 13.9. The Morgan fingerprint density at radius 3 is 2.75 bits per heavy atom. The van der Waals surface area contributed by atoms with Crippen LogP contribution < -0.4 is 10.6 Å². The molecule has 0 atom stereocenters. The van der Waals surface area contributed by atoms with E-state index in [9.17, 15) is 9.59 Å². The molecule has 1 saturated carbocycles. The summed E-state index contributed by atoms with van der Waals surface area (Å²) >= 11 is 0. The Hall–Kier alpha value is -2.63. The first-order valence-corrected chi connectivity index (χ1v) is 8.25. The van der Waals surface area contributed by atoms with Gasteiger partial charge < -0.3 is 15.2 Å². The lowest BCUT2D eigenvalue weighted by molar-refractivity contribution is 0.0951. The van der Waals surface area contributed by atoms with Crippen LogP contribution in [0.3, 0.4) is 0 Å². The normalized spacial score (nSPS) is 13.6. The van der Waals surface area contributed by atoms with Crippen molar-refractivity contribution in [3.05, 3.63) is 46.8 Å². The molecular weight excluding hydrogens is 306 g/mol. The van der Waals surface area contributed by atoms with Crippen molar-refractivity contribution in [2.24, 2.45) is 0 Å². The maximum Gasteiger partial charge on any atom is 0.294 e. The van der Waals surface area contributed by atoms with Crippen LogP contribution in [0.15, 0.2) is 28.8 Å². The largest absolute Gasteiger partial charge is 0.352 e. The summed E-state index contributed by atoms with van der Waals surface area (Å²) in [6.07, 6.45) is 3.07. The molecule has 0 spiro atoms. The molecule has 2 amide bonds. The number of rotatable bonds is 6. The number of anilines is 1. The minimum absolute atomic E-state index is 0.150. The summed E-state index contributed by atoms with van der Waals surface area (Å²) in [4.78, 5) is 24.4. The van der Waals surface area contributed by atoms with Gasteiger partial charge in [-0.3, -0.25) is 9.59 Å². The standard InChI is InChI=1S/C18H21N3O3/c1-3-8-19-17(22)13-5-4-11(2)14(9-13)20-18(23)16-10-15(21-24-16)12-6-7-12/h4-5,9-10,12H,3,6-8H2,1-2H3,(H,19,22)(H,20,23). The van der Waals surface area contributed by atoms with Gasteiger partial charge in [-0.25, -0.2) is 0 Å². The van der Waals surface area contributed by atoms with E-state index in [4.69, 9.17) is 4.52 Å². The van der Waals surface area contributed by atoms with Crippen molar-refractivity contribution >= 4 is 17.5 Å². The Balaban J connectivity index is 1.72. The summed E-state index contributed by atoms with van der Waals surface area (Å²) in [6.45, 7) is 4.49. The Bertz CT molecular complexity index is 763. The zero-order valence-corrected chi connectivity index (χ0v) is 13.9. The first-order valence-electron chi connectivity index (χ1n) is 8.25. The lowest BCUT2D eigenvalue weighted by Gasteiger charge is -2.10. The van der Waals surface area contributed by atoms with Gasteiger partial charge >= 0.3 is 0 Å². The van der Waals surface area contributed by atoms with Gasteiger partial charge in [-0.2, -0.15) is 0 Å². The average Bonchev–Trinajstić information content (AvgIpc) is 3.31. The molecule has 6 heteroatoms. The van der Waals surface area contributed by atoms with Gasteiger partial charge in [-0.15, -0.1) is 0 Å². The summed E-state index contributed by atoms with van der Waals surface area (Å²) in [5.74, 6) is 0.117. The van der Waals surface area contributed by atoms with Crippen LogP contribution in [0.1, 0.15) is 64.3 Å². The van der Waals surface area contributed by atoms with Gasteiger partial charge in [0.25, 0.3) is 11.8 Å². The van der Waals surface area contributed by atoms with Crippen molar-refractivity contribution in [3.8, 4) is 0 Å². The number of nitrogens with zero attached hydrogens (tertiary/aromatic N) is 1. The van der Waals surface area contributed by atoms with Gasteiger partial charge in [0.2, 0.25) is 5.76 Å². The third-order valence-corrected chi connectivity index (χ3v) is 4.03. The van der Waals surface area contributed by atoms with Gasteiger partial charge in [0.15, 0.2) is 0 Å². The molecule has 1 aromatic carbocycles. The fraction of sp³-hybridized carbons (Fsp3) is 0.389. The maximum atomic E-state index is 12.3. The Kier molecular flexibility index (Phi) is 4.64. The van der Waals surface area contributed by atoms with E-state index in [0.29, 0.717) is 23.7 Å². The molecule has 0 unspecified atom stereocenters. The summed E-state index contributed by atoms with van der Waals surface area (Å²) in [6, 6.07) is 6.93. The molecule has 1 aliphatic rings. The summed E-state index contributed by atoms with van der Waals surface area (Å²) in [7, 11) is 0. The van der Waals surface area contributed by atoms with Crippen LogP contribution in [0.2, 0.25) is 0 Å². The van der Waals surface area contributed by atoms with E-state index in [1.54, 1.807) is 18.2 Å². The first-order chi connectivity index (χ1) is 11.6. The van der Waals surface area contributed by atoms with E-state index >= 15 is 0 Å². The molecule has 2 N–H and O–H groups in total. The lowest BCUT2D eigenvalue weighted by Crippen LogP contribution is -2.24. The molecule has 1 heterocycles. The SMILES string of the molecule is CCCNC(=O)c1ccc(C)c(NC(=O)c2cc(C3CC3)no2)c1. The van der Waals surface area contributed by atoms with Crippen molar-refractivity contribution < 1.29 is 14.1 Å². The quantitative estimate of drug-likeness (QED) is 0.853. The van der Waals surface area contributed by atoms with Gasteiger partial charge in [-0.1, -0.05) is 18.1 Å². The minimum Gasteiger partial charge on any atom is -0.352 e. The smallest absolute Gasteiger partial charge is 0.294 e. The maximum absolute atomic E-state index is 12.3. The van der Waals surface area contributed by atoms with Crippen LogP contribution in [0.4, 0.5) is 5.69 Å². The molecule has 0 radical (unpaired) electrons. The van der Waals surface area contributed by atoms with Crippen LogP contribution in [-0.2, 0) is 0 Å². The first kappa shape index (κ1) is 16.2. The highest BCUT2D eigenvalue weighted by Crippen LogP contribution is 2.39. The van der Waals surface area contributed by atoms with Crippen LogP contribution in [0, 0.1) is 6.92 Å². The second-order valence-corrected chi connectivity index (χ2v) is 6.13. The van der Waals surface area contributed by atoms with Crippen molar-refractivity contribution in [1.82, 2.24) is 10.5 Å². The Morgan fingerprint density at radius 2 is 2.04 bits per heavy atom. The summed E-state index contributed by atoms with van der Waals surface area (Å²) in [5, 5.41) is 9.56. The van der Waals surface area contributed by atoms with Crippen LogP contribution in [0.5, 0.6) is 0 Å². The molecule has 1 aliphatic carbocycles. The molecule has 3 rings (SSSR count). The highest BCUT2D eigenvalue weighted by atomic mass is 16.5. The van der Waals surface area contributed by atoms with Crippen molar-refractivity contribution in [3.63, 3.8) is 0 Å². The van der Waals surface area contributed by atoms with Crippen LogP contribution in [-0.4, -0.2) is 23.5 Å². The van der Waals surface area contributed by atoms with Gasteiger partial charge in [0.1, 0.15) is 0 Å². The molecule has 126 valence electrons. The van der Waals surface area contributed by atoms with Crippen molar-refractivity contribution in [1.29, 1.82) is 0 Å². The number of benzene rings is 1. The second-order valence-electron chi connectivity index (χ2n) is 6.13. The van der Waals surface area contributed by atoms with Crippen LogP contribution in [0.25, 0.3) is 0 Å². The predicted molar refractivity (Wildman–Crippen MR) is 90.2 cm³/mol. The molecule has 0 saturated heterocycles. The number of aromatic nitrogens is 1. The van der Waals surface area contributed by atoms with Crippen LogP contribution >= 0.6 is 0 Å². The molecule has 6 nitrogen and oxygen atoms in total. The summed E-state index contributed by atoms with van der Waals surface area (Å²) in [5.41, 5.74) is 2.82. The fourth-order valence-electron chi connectivity index (χ4n) is 2.39. The minimum atomic E-state index is -0.358. The van der Waals surface area contributed by atoms with E-state index in [1.165, 1.54) is 0 Å². The number of amides is 2. The number of carbonyl (C=O) groups is 2. The Labute approximate surface area is 140 Å². The van der Waals surface area contributed by atoms with E-state index in [2.05, 4.69) is 15.8 Å². The van der Waals surface area contributed by atoms with Gasteiger partial charge in [0.05, 0.1) is 5.69 Å². The third-order valence-electron chi connectivity index (χ3n) is 4.03. The molecule has 24 heavy (non-hydrogen) atoms. The molecule has 0 bridgehead atoms. The topological polar surface area (TPSA) is 84.2 Å². The van der Waals surface area contributed by atoms with Crippen molar-refractivity contribution in [2.45, 2.75) is 39.0 Å². The molecule has 0 aliphatic heterocycles. The average molecular weight is 327 g/mol. The van der Waals surface area contributed by atoms with Crippen molar-refractivity contribution in [2.75, 3.05) is 11.9 Å². The monoisotopic (exact) mass is 327 g/mol. The van der Waals surface area contributed by atoms with E-state index in [0.717, 1.165) is 30.5 Å². The zero-order chi connectivity index (χ0) is 17.1. The summed E-state index contributed by atoms with van der Waals surface area (Å²) < 4.78 is 5.13. The lowest BCUT2D eigenvalue weighted by atomic mass is 10.1. The predicted octanol–water partition coefficient (Wildman–Crippen LogP) is 3.25. The molecule has 1 aromatic heterocycles. The van der Waals surface area contributed by atoms with Gasteiger partial charge in [0, 0.05) is 29.8 Å². The number of hydrogen-bond donors (Lipinski definition) is 2. The number of hydrogen-bond acceptors (Lipinski definition) is 4. The highest BCUT2D eigenvalue weighted by Gasteiger charge is 2.28. The number of nitrogens with one attached hydrogen (secondary N) is 2. The fourth-order valence-corrected chi connectivity index (χ4v) is 2.39. The third kappa shape index (κ3) is 3.64. The van der Waals surface area contributed by atoms with E-state index in [1.807, 2.05) is 19.9 Å². The van der Waals surface area contributed by atoms with E-state index in [-0.39, 0.29) is 17.6 Å². The van der Waals surface area contributed by atoms with E-state index < -0.39 is 0 Å². The Morgan fingerprint density at radius 1 is 1.25 bits per heavy atom. The molecule has 1 fully saturated rings. The highest BCUT2D eigenvalue weighted by molar-refractivity contribution is 6.04.